The highest BCUT2D eigenvalue weighted by molar-refractivity contribution is 7.48. The lowest BCUT2D eigenvalue weighted by atomic mass is 10.7. The van der Waals surface area contributed by atoms with Crippen LogP contribution in [0.1, 0.15) is 6.92 Å². The Morgan fingerprint density at radius 3 is 2.33 bits per heavy atom. The number of terminal acetylenes is 1. The summed E-state index contributed by atoms with van der Waals surface area (Å²) in [5, 5.41) is 0. The van der Waals surface area contributed by atoms with E-state index in [2.05, 4.69) is 13.6 Å². The number of phosphoric ester groups is 1. The molecule has 1 atom stereocenters. The van der Waals surface area contributed by atoms with Crippen LogP contribution in [0.3, 0.4) is 0 Å². The molecule has 0 aliphatic carbocycles. The molecule has 0 saturated carbocycles. The molecule has 0 amide bonds. The molecule has 1 unspecified atom stereocenters. The number of hydrogen-bond donors (Lipinski definition) is 0. The normalized spacial score (nSPS) is 15.7. The zero-order valence-electron chi connectivity index (χ0n) is 7.91. The summed E-state index contributed by atoms with van der Waals surface area (Å²) >= 11 is 0. The summed E-state index contributed by atoms with van der Waals surface area (Å²) in [5.74, 6) is 1.94. The van der Waals surface area contributed by atoms with Gasteiger partial charge in [-0.2, -0.15) is 13.2 Å². The third kappa shape index (κ3) is 7.40. The van der Waals surface area contributed by atoms with Crippen molar-refractivity contribution in [3.8, 4) is 12.3 Å². The molecule has 0 bridgehead atoms. The van der Waals surface area contributed by atoms with Crippen molar-refractivity contribution < 1.29 is 31.3 Å². The molecule has 4 nitrogen and oxygen atoms in total. The summed E-state index contributed by atoms with van der Waals surface area (Å²) in [5.41, 5.74) is 0. The molecule has 0 N–H and O–H groups in total. The van der Waals surface area contributed by atoms with Gasteiger partial charge < -0.3 is 0 Å². The highest BCUT2D eigenvalue weighted by Gasteiger charge is 2.35. The molecule has 0 aromatic carbocycles. The lowest BCUT2D eigenvalue weighted by molar-refractivity contribution is -0.158. The Labute approximate surface area is 85.3 Å². The van der Waals surface area contributed by atoms with Crippen LogP contribution < -0.4 is 0 Å². The van der Waals surface area contributed by atoms with Crippen LogP contribution in [0.4, 0.5) is 13.2 Å². The quantitative estimate of drug-likeness (QED) is 0.533. The summed E-state index contributed by atoms with van der Waals surface area (Å²) < 4.78 is 59.5. The van der Waals surface area contributed by atoms with Crippen LogP contribution in [-0.2, 0) is 18.1 Å². The van der Waals surface area contributed by atoms with E-state index in [-0.39, 0.29) is 6.61 Å². The standard InChI is InChI=1S/C7H10F3O4P/c1-3-5-13-15(11,12-4-2)14-6-7(8,9)10/h1H,4-6H2,2H3. The maximum absolute atomic E-state index is 11.8. The molecule has 88 valence electrons. The van der Waals surface area contributed by atoms with E-state index in [9.17, 15) is 17.7 Å². The Kier molecular flexibility index (Phi) is 5.91. The lowest BCUT2D eigenvalue weighted by Gasteiger charge is -2.16. The maximum atomic E-state index is 11.8. The van der Waals surface area contributed by atoms with Crippen LogP contribution in [0.2, 0.25) is 0 Å². The highest BCUT2D eigenvalue weighted by Crippen LogP contribution is 2.50. The topological polar surface area (TPSA) is 44.8 Å². The number of halogens is 3. The van der Waals surface area contributed by atoms with Crippen molar-refractivity contribution >= 4 is 7.82 Å². The Balaban J connectivity index is 4.26. The third-order valence-corrected chi connectivity index (χ3v) is 2.44. The molecule has 15 heavy (non-hydrogen) atoms. The minimum Gasteiger partial charge on any atom is -0.287 e. The molecule has 0 aliphatic rings. The van der Waals surface area contributed by atoms with Gasteiger partial charge in [-0.05, 0) is 6.92 Å². The largest absolute Gasteiger partial charge is 0.476 e. The Morgan fingerprint density at radius 2 is 1.93 bits per heavy atom. The second-order valence-electron chi connectivity index (χ2n) is 2.23. The van der Waals surface area contributed by atoms with Gasteiger partial charge in [0.15, 0.2) is 6.61 Å². The lowest BCUT2D eigenvalue weighted by Crippen LogP contribution is -2.17. The second kappa shape index (κ2) is 6.13. The van der Waals surface area contributed by atoms with Crippen LogP contribution in [0.15, 0.2) is 0 Å². The average Bonchev–Trinajstić information content (AvgIpc) is 2.12. The van der Waals surface area contributed by atoms with Crippen LogP contribution in [-0.4, -0.2) is 26.0 Å². The molecule has 0 rings (SSSR count). The Bertz CT molecular complexity index is 270. The summed E-state index contributed by atoms with van der Waals surface area (Å²) in [6.45, 7) is -0.841. The van der Waals surface area contributed by atoms with E-state index in [0.717, 1.165) is 0 Å². The van der Waals surface area contributed by atoms with E-state index < -0.39 is 27.2 Å². The van der Waals surface area contributed by atoms with Gasteiger partial charge >= 0.3 is 14.0 Å². The molecule has 0 heterocycles. The molecular formula is C7H10F3O4P. The number of phosphoric acid groups is 1. The predicted molar refractivity (Wildman–Crippen MR) is 46.0 cm³/mol. The molecule has 8 heteroatoms. The van der Waals surface area contributed by atoms with Crippen molar-refractivity contribution in [2.75, 3.05) is 19.8 Å². The van der Waals surface area contributed by atoms with E-state index in [1.54, 1.807) is 0 Å². The van der Waals surface area contributed by atoms with E-state index in [0.29, 0.717) is 0 Å². The molecule has 0 aliphatic heterocycles. The van der Waals surface area contributed by atoms with E-state index >= 15 is 0 Å². The summed E-state index contributed by atoms with van der Waals surface area (Å²) in [6.07, 6.45) is 0.179. The smallest absolute Gasteiger partial charge is 0.287 e. The number of hydrogen-bond acceptors (Lipinski definition) is 4. The molecule has 0 spiro atoms. The van der Waals surface area contributed by atoms with E-state index in [1.165, 1.54) is 6.92 Å². The molecule has 0 radical (unpaired) electrons. The fourth-order valence-corrected chi connectivity index (χ4v) is 1.62. The maximum Gasteiger partial charge on any atom is 0.476 e. The molecule has 0 aromatic heterocycles. The number of alkyl halides is 3. The molecule has 0 saturated heterocycles. The molecular weight excluding hydrogens is 236 g/mol. The summed E-state index contributed by atoms with van der Waals surface area (Å²) in [4.78, 5) is 0. The highest BCUT2D eigenvalue weighted by atomic mass is 31.2. The van der Waals surface area contributed by atoms with Crippen LogP contribution in [0, 0.1) is 12.3 Å². The summed E-state index contributed by atoms with van der Waals surface area (Å²) in [6, 6.07) is 0. The Morgan fingerprint density at radius 1 is 1.33 bits per heavy atom. The monoisotopic (exact) mass is 246 g/mol. The first-order valence-corrected chi connectivity index (χ1v) is 5.33. The first-order valence-electron chi connectivity index (χ1n) is 3.87. The molecule has 0 fully saturated rings. The van der Waals surface area contributed by atoms with Crippen molar-refractivity contribution in [1.82, 2.24) is 0 Å². The minimum absolute atomic E-state index is 0.111. The van der Waals surface area contributed by atoms with Gasteiger partial charge in [0.25, 0.3) is 0 Å². The van der Waals surface area contributed by atoms with Crippen molar-refractivity contribution in [3.05, 3.63) is 0 Å². The van der Waals surface area contributed by atoms with Gasteiger partial charge in [-0.1, -0.05) is 5.92 Å². The van der Waals surface area contributed by atoms with Crippen molar-refractivity contribution in [1.29, 1.82) is 0 Å². The Hall–Kier alpha value is -0.540. The zero-order chi connectivity index (χ0) is 11.9. The predicted octanol–water partition coefficient (Wildman–Crippen LogP) is 2.36. The van der Waals surface area contributed by atoms with Crippen LogP contribution >= 0.6 is 7.82 Å². The van der Waals surface area contributed by atoms with Gasteiger partial charge in [0.1, 0.15) is 6.61 Å². The molecule has 0 aromatic rings. The number of rotatable bonds is 6. The fourth-order valence-electron chi connectivity index (χ4n) is 0.538. The summed E-state index contributed by atoms with van der Waals surface area (Å²) in [7, 11) is -4.19. The average molecular weight is 246 g/mol. The van der Waals surface area contributed by atoms with Gasteiger partial charge in [0, 0.05) is 0 Å². The van der Waals surface area contributed by atoms with Gasteiger partial charge in [-0.25, -0.2) is 4.57 Å². The van der Waals surface area contributed by atoms with Crippen LogP contribution in [0.5, 0.6) is 0 Å². The third-order valence-electron chi connectivity index (χ3n) is 0.980. The zero-order valence-corrected chi connectivity index (χ0v) is 8.81. The van der Waals surface area contributed by atoms with Gasteiger partial charge in [0.05, 0.1) is 6.61 Å². The first kappa shape index (κ1) is 14.5. The van der Waals surface area contributed by atoms with Gasteiger partial charge in [-0.15, -0.1) is 6.42 Å². The minimum atomic E-state index is -4.60. The van der Waals surface area contributed by atoms with E-state index in [1.807, 2.05) is 5.92 Å². The van der Waals surface area contributed by atoms with Gasteiger partial charge in [0.2, 0.25) is 0 Å². The fraction of sp³-hybridized carbons (Fsp3) is 0.714. The first-order chi connectivity index (χ1) is 6.83. The van der Waals surface area contributed by atoms with E-state index in [4.69, 9.17) is 6.42 Å². The van der Waals surface area contributed by atoms with Crippen molar-refractivity contribution in [2.45, 2.75) is 13.1 Å². The van der Waals surface area contributed by atoms with Crippen LogP contribution in [0.25, 0.3) is 0 Å². The second-order valence-corrected chi connectivity index (χ2v) is 3.90. The van der Waals surface area contributed by atoms with Crippen molar-refractivity contribution in [3.63, 3.8) is 0 Å². The SMILES string of the molecule is C#CCOP(=O)(OCC)OCC(F)(F)F. The van der Waals surface area contributed by atoms with Crippen molar-refractivity contribution in [2.24, 2.45) is 0 Å². The van der Waals surface area contributed by atoms with Gasteiger partial charge in [-0.3, -0.25) is 13.6 Å².